The van der Waals surface area contributed by atoms with E-state index in [4.69, 9.17) is 10.5 Å². The predicted octanol–water partition coefficient (Wildman–Crippen LogP) is 2.59. The molecule has 21 heavy (non-hydrogen) atoms. The van der Waals surface area contributed by atoms with Crippen LogP contribution in [0.3, 0.4) is 0 Å². The fourth-order valence-corrected chi connectivity index (χ4v) is 3.56. The maximum absolute atomic E-state index is 12.3. The molecule has 0 aromatic heterocycles. The van der Waals surface area contributed by atoms with Crippen molar-refractivity contribution in [3.63, 3.8) is 0 Å². The fraction of sp³-hybridized carbons (Fsp3) is 0.938. The van der Waals surface area contributed by atoms with Gasteiger partial charge < -0.3 is 15.4 Å². The Morgan fingerprint density at radius 3 is 2.33 bits per heavy atom. The lowest BCUT2D eigenvalue weighted by Crippen LogP contribution is -2.48. The molecule has 2 fully saturated rings. The van der Waals surface area contributed by atoms with Crippen molar-refractivity contribution in [1.29, 1.82) is 0 Å². The van der Waals surface area contributed by atoms with Gasteiger partial charge in [0.05, 0.1) is 6.04 Å². The highest BCUT2D eigenvalue weighted by Gasteiger charge is 2.30. The van der Waals surface area contributed by atoms with Crippen molar-refractivity contribution in [3.05, 3.63) is 0 Å². The molecule has 0 radical (unpaired) electrons. The number of hydrogen-bond donors (Lipinski definition) is 1. The summed E-state index contributed by atoms with van der Waals surface area (Å²) in [5, 5.41) is 0. The Bertz CT molecular complexity index is 301. The highest BCUT2D eigenvalue weighted by molar-refractivity contribution is 5.85. The van der Waals surface area contributed by atoms with Crippen molar-refractivity contribution >= 4 is 18.3 Å². The van der Waals surface area contributed by atoms with Gasteiger partial charge in [0.25, 0.3) is 0 Å². The number of nitrogens with zero attached hydrogens (tertiary/aromatic N) is 1. The van der Waals surface area contributed by atoms with Crippen molar-refractivity contribution in [2.45, 2.75) is 57.9 Å². The molecule has 0 bridgehead atoms. The summed E-state index contributed by atoms with van der Waals surface area (Å²) < 4.78 is 5.44. The van der Waals surface area contributed by atoms with Crippen molar-refractivity contribution in [2.75, 3.05) is 26.3 Å². The molecule has 4 nitrogen and oxygen atoms in total. The van der Waals surface area contributed by atoms with Gasteiger partial charge >= 0.3 is 0 Å². The van der Waals surface area contributed by atoms with Gasteiger partial charge in [-0.15, -0.1) is 12.4 Å². The van der Waals surface area contributed by atoms with Gasteiger partial charge in [0.1, 0.15) is 0 Å². The SMILES string of the molecule is CCCCC(N)C(=O)N1CCC(C2CCOCC2)CC1.Cl. The lowest BCUT2D eigenvalue weighted by atomic mass is 9.80. The molecule has 2 N–H and O–H groups in total. The number of carbonyl (C=O) groups is 1. The maximum atomic E-state index is 12.3. The average Bonchev–Trinajstić information content (AvgIpc) is 2.53. The standard InChI is InChI=1S/C16H30N2O2.ClH/c1-2-3-4-15(17)16(19)18-9-5-13(6-10-18)14-7-11-20-12-8-14;/h13-15H,2-12,17H2,1H3;1H. The molecule has 2 aliphatic rings. The summed E-state index contributed by atoms with van der Waals surface area (Å²) in [4.78, 5) is 14.3. The van der Waals surface area contributed by atoms with Crippen LogP contribution in [0.2, 0.25) is 0 Å². The monoisotopic (exact) mass is 318 g/mol. The molecule has 1 atom stereocenters. The minimum atomic E-state index is -0.283. The van der Waals surface area contributed by atoms with Crippen molar-refractivity contribution in [2.24, 2.45) is 17.6 Å². The second-order valence-electron chi connectivity index (χ2n) is 6.36. The van der Waals surface area contributed by atoms with Crippen LogP contribution < -0.4 is 5.73 Å². The van der Waals surface area contributed by atoms with Crippen LogP contribution in [-0.4, -0.2) is 43.2 Å². The molecular formula is C16H31ClN2O2. The molecule has 0 aromatic rings. The van der Waals surface area contributed by atoms with Gasteiger partial charge in [0.2, 0.25) is 5.91 Å². The molecule has 2 heterocycles. The molecule has 124 valence electrons. The van der Waals surface area contributed by atoms with E-state index in [0.29, 0.717) is 0 Å². The summed E-state index contributed by atoms with van der Waals surface area (Å²) in [6.07, 6.45) is 7.69. The topological polar surface area (TPSA) is 55.6 Å². The van der Waals surface area contributed by atoms with E-state index in [2.05, 4.69) is 6.92 Å². The zero-order valence-corrected chi connectivity index (χ0v) is 14.1. The number of unbranched alkanes of at least 4 members (excludes halogenated alkanes) is 1. The Balaban J connectivity index is 0.00000220. The number of likely N-dealkylation sites (tertiary alicyclic amines) is 1. The van der Waals surface area contributed by atoms with Crippen LogP contribution in [-0.2, 0) is 9.53 Å². The van der Waals surface area contributed by atoms with E-state index in [1.807, 2.05) is 4.90 Å². The van der Waals surface area contributed by atoms with Crippen LogP contribution in [0.25, 0.3) is 0 Å². The minimum Gasteiger partial charge on any atom is -0.381 e. The van der Waals surface area contributed by atoms with Gasteiger partial charge in [0.15, 0.2) is 0 Å². The van der Waals surface area contributed by atoms with Gasteiger partial charge in [-0.3, -0.25) is 4.79 Å². The molecule has 0 aromatic carbocycles. The van der Waals surface area contributed by atoms with E-state index in [1.54, 1.807) is 0 Å². The predicted molar refractivity (Wildman–Crippen MR) is 87.6 cm³/mol. The zero-order chi connectivity index (χ0) is 14.4. The molecule has 2 rings (SSSR count). The largest absolute Gasteiger partial charge is 0.381 e. The molecule has 2 aliphatic heterocycles. The number of piperidine rings is 1. The van der Waals surface area contributed by atoms with Crippen LogP contribution in [0.15, 0.2) is 0 Å². The summed E-state index contributed by atoms with van der Waals surface area (Å²) in [5.41, 5.74) is 6.00. The Morgan fingerprint density at radius 2 is 1.76 bits per heavy atom. The van der Waals surface area contributed by atoms with Crippen LogP contribution in [0.4, 0.5) is 0 Å². The van der Waals surface area contributed by atoms with E-state index in [1.165, 1.54) is 12.8 Å². The molecule has 1 unspecified atom stereocenters. The first kappa shape index (κ1) is 18.7. The third kappa shape index (κ3) is 5.42. The first-order chi connectivity index (χ1) is 9.72. The second-order valence-corrected chi connectivity index (χ2v) is 6.36. The van der Waals surface area contributed by atoms with E-state index in [0.717, 1.165) is 70.2 Å². The minimum absolute atomic E-state index is 0. The quantitative estimate of drug-likeness (QED) is 0.847. The van der Waals surface area contributed by atoms with Crippen LogP contribution >= 0.6 is 12.4 Å². The van der Waals surface area contributed by atoms with E-state index in [9.17, 15) is 4.79 Å². The lowest BCUT2D eigenvalue weighted by Gasteiger charge is -2.38. The summed E-state index contributed by atoms with van der Waals surface area (Å²) >= 11 is 0. The lowest BCUT2D eigenvalue weighted by molar-refractivity contribution is -0.134. The Kier molecular flexibility index (Phi) is 8.60. The van der Waals surface area contributed by atoms with Gasteiger partial charge in [-0.25, -0.2) is 0 Å². The van der Waals surface area contributed by atoms with Crippen molar-refractivity contribution in [3.8, 4) is 0 Å². The molecule has 0 saturated carbocycles. The van der Waals surface area contributed by atoms with Crippen LogP contribution in [0.5, 0.6) is 0 Å². The van der Waals surface area contributed by atoms with Gasteiger partial charge in [0, 0.05) is 26.3 Å². The zero-order valence-electron chi connectivity index (χ0n) is 13.3. The third-order valence-corrected chi connectivity index (χ3v) is 4.97. The van der Waals surface area contributed by atoms with E-state index < -0.39 is 0 Å². The molecular weight excluding hydrogens is 288 g/mol. The summed E-state index contributed by atoms with van der Waals surface area (Å²) in [6, 6.07) is -0.283. The average molecular weight is 319 g/mol. The van der Waals surface area contributed by atoms with Crippen molar-refractivity contribution < 1.29 is 9.53 Å². The molecule has 1 amide bonds. The number of halogens is 1. The van der Waals surface area contributed by atoms with Crippen molar-refractivity contribution in [1.82, 2.24) is 4.90 Å². The Hall–Kier alpha value is -0.320. The summed E-state index contributed by atoms with van der Waals surface area (Å²) in [7, 11) is 0. The molecule has 2 saturated heterocycles. The number of nitrogens with two attached hydrogens (primary N) is 1. The molecule has 0 spiro atoms. The van der Waals surface area contributed by atoms with Crippen LogP contribution in [0, 0.1) is 11.8 Å². The van der Waals surface area contributed by atoms with Gasteiger partial charge in [-0.1, -0.05) is 19.8 Å². The number of ether oxygens (including phenoxy) is 1. The highest BCUT2D eigenvalue weighted by Crippen LogP contribution is 2.31. The van der Waals surface area contributed by atoms with E-state index >= 15 is 0 Å². The third-order valence-electron chi connectivity index (χ3n) is 4.97. The van der Waals surface area contributed by atoms with Gasteiger partial charge in [-0.05, 0) is 43.9 Å². The smallest absolute Gasteiger partial charge is 0.239 e. The maximum Gasteiger partial charge on any atom is 0.239 e. The Labute approximate surface area is 135 Å². The first-order valence-corrected chi connectivity index (χ1v) is 8.34. The number of amides is 1. The second kappa shape index (κ2) is 9.65. The summed E-state index contributed by atoms with van der Waals surface area (Å²) in [6.45, 7) is 5.79. The normalized spacial score (nSPS) is 22.7. The van der Waals surface area contributed by atoms with E-state index in [-0.39, 0.29) is 24.4 Å². The first-order valence-electron chi connectivity index (χ1n) is 8.34. The summed E-state index contributed by atoms with van der Waals surface area (Å²) in [5.74, 6) is 1.77. The molecule has 5 heteroatoms. The molecule has 0 aliphatic carbocycles. The highest BCUT2D eigenvalue weighted by atomic mass is 35.5. The fourth-order valence-electron chi connectivity index (χ4n) is 3.56. The number of rotatable bonds is 5. The number of hydrogen-bond acceptors (Lipinski definition) is 3. The Morgan fingerprint density at radius 1 is 1.19 bits per heavy atom. The van der Waals surface area contributed by atoms with Crippen LogP contribution in [0.1, 0.15) is 51.9 Å². The van der Waals surface area contributed by atoms with Gasteiger partial charge in [-0.2, -0.15) is 0 Å². The number of carbonyl (C=O) groups excluding carboxylic acids is 1.